The minimum atomic E-state index is -4.38. The minimum Gasteiger partial charge on any atom is -0.293 e. The molecule has 3 heterocycles. The number of pyridine rings is 1. The Labute approximate surface area is 223 Å². The first-order valence-corrected chi connectivity index (χ1v) is 13.8. The van der Waals surface area contributed by atoms with Crippen LogP contribution in [0.2, 0.25) is 0 Å². The fourth-order valence-corrected chi connectivity index (χ4v) is 6.38. The molecule has 5 rings (SSSR count). The molecule has 0 aliphatic carbocycles. The van der Waals surface area contributed by atoms with Crippen LogP contribution in [0.5, 0.6) is 0 Å². The van der Waals surface area contributed by atoms with Gasteiger partial charge < -0.3 is 0 Å². The Morgan fingerprint density at radius 1 is 1.08 bits per heavy atom. The van der Waals surface area contributed by atoms with Crippen molar-refractivity contribution in [2.45, 2.75) is 31.0 Å². The van der Waals surface area contributed by atoms with Gasteiger partial charge >= 0.3 is 6.18 Å². The van der Waals surface area contributed by atoms with E-state index in [0.29, 0.717) is 5.69 Å². The van der Waals surface area contributed by atoms with E-state index in [9.17, 15) is 26.0 Å². The van der Waals surface area contributed by atoms with Gasteiger partial charge in [0.25, 0.3) is 0 Å². The Morgan fingerprint density at radius 2 is 1.82 bits per heavy atom. The predicted octanol–water partition coefficient (Wildman–Crippen LogP) is 5.11. The Kier molecular flexibility index (Phi) is 7.21. The second-order valence-electron chi connectivity index (χ2n) is 9.81. The highest BCUT2D eigenvalue weighted by molar-refractivity contribution is 7.89. The predicted molar refractivity (Wildman–Crippen MR) is 138 cm³/mol. The zero-order valence-electron chi connectivity index (χ0n) is 21.3. The molecule has 1 fully saturated rings. The normalized spacial score (nSPS) is 18.5. The number of piperazine rings is 1. The molecule has 1 aliphatic heterocycles. The van der Waals surface area contributed by atoms with Crippen molar-refractivity contribution in [1.29, 1.82) is 0 Å². The van der Waals surface area contributed by atoms with E-state index >= 15 is 0 Å². The largest absolute Gasteiger partial charge is 0.392 e. The third-order valence-electron chi connectivity index (χ3n) is 7.18. The van der Waals surface area contributed by atoms with Crippen LogP contribution in [-0.2, 0) is 10.0 Å². The van der Waals surface area contributed by atoms with Crippen LogP contribution in [0, 0.1) is 18.7 Å². The third-order valence-corrected chi connectivity index (χ3v) is 9.03. The molecular formula is C27H27F4N5O2S. The number of halogens is 4. The summed E-state index contributed by atoms with van der Waals surface area (Å²) in [6.45, 7) is 2.90. The summed E-state index contributed by atoms with van der Waals surface area (Å²) in [6.07, 6.45) is 0.00259. The van der Waals surface area contributed by atoms with Crippen molar-refractivity contribution >= 4 is 20.9 Å². The lowest BCUT2D eigenvalue weighted by Gasteiger charge is -2.42. The third kappa shape index (κ3) is 5.41. The molecule has 0 radical (unpaired) electrons. The molecule has 39 heavy (non-hydrogen) atoms. The number of alkyl halides is 3. The Bertz CT molecular complexity index is 1570. The average molecular weight is 562 g/mol. The summed E-state index contributed by atoms with van der Waals surface area (Å²) in [5.41, 5.74) is 2.91. The van der Waals surface area contributed by atoms with Crippen LogP contribution in [0.1, 0.15) is 24.1 Å². The van der Waals surface area contributed by atoms with Gasteiger partial charge in [-0.25, -0.2) is 17.5 Å². The van der Waals surface area contributed by atoms with Crippen molar-refractivity contribution in [2.24, 2.45) is 5.92 Å². The molecule has 1 aliphatic rings. The molecule has 2 aromatic heterocycles. The van der Waals surface area contributed by atoms with Crippen molar-refractivity contribution in [3.05, 3.63) is 84.1 Å². The summed E-state index contributed by atoms with van der Waals surface area (Å²) >= 11 is 0. The van der Waals surface area contributed by atoms with Crippen LogP contribution >= 0.6 is 0 Å². The quantitative estimate of drug-likeness (QED) is 0.306. The Hall–Kier alpha value is -3.35. The molecule has 2 atom stereocenters. The van der Waals surface area contributed by atoms with Gasteiger partial charge in [0.05, 0.1) is 23.3 Å². The molecular weight excluding hydrogens is 534 g/mol. The molecule has 0 N–H and O–H groups in total. The second kappa shape index (κ2) is 10.3. The van der Waals surface area contributed by atoms with E-state index in [0.717, 1.165) is 29.0 Å². The lowest BCUT2D eigenvalue weighted by Crippen LogP contribution is -2.52. The highest BCUT2D eigenvalue weighted by Crippen LogP contribution is 2.36. The number of rotatable bonds is 6. The monoisotopic (exact) mass is 561 g/mol. The number of hydrogen-bond acceptors (Lipinski definition) is 5. The standard InChI is InChI=1S/C27H27F4N5O2S/c1-18-12-25-20(14-33-36(25)22-7-5-21(28)6-8-22)13-24(18)26-17-35(39(37,38)23-4-3-9-32-15-23)11-10-34(26)16-19(2)27(29,30)31/h3-9,12-15,19,26H,10-11,16-17H2,1-2H3/t19?,26-/m0/s1. The number of aryl methyl sites for hydroxylation is 1. The molecule has 1 saturated heterocycles. The number of fused-ring (bicyclic) bond motifs is 1. The van der Waals surface area contributed by atoms with Gasteiger partial charge in [0.1, 0.15) is 10.7 Å². The average Bonchev–Trinajstić information content (AvgIpc) is 3.31. The van der Waals surface area contributed by atoms with E-state index in [2.05, 4.69) is 10.1 Å². The molecule has 0 amide bonds. The first-order chi connectivity index (χ1) is 18.4. The van der Waals surface area contributed by atoms with E-state index in [-0.39, 0.29) is 36.9 Å². The Morgan fingerprint density at radius 3 is 2.49 bits per heavy atom. The van der Waals surface area contributed by atoms with Crippen molar-refractivity contribution < 1.29 is 26.0 Å². The van der Waals surface area contributed by atoms with Crippen LogP contribution in [0.4, 0.5) is 17.6 Å². The fourth-order valence-electron chi connectivity index (χ4n) is 4.97. The van der Waals surface area contributed by atoms with Gasteiger partial charge in [0.15, 0.2) is 0 Å². The van der Waals surface area contributed by atoms with Gasteiger partial charge in [-0.3, -0.25) is 9.88 Å². The van der Waals surface area contributed by atoms with E-state index in [1.54, 1.807) is 27.9 Å². The van der Waals surface area contributed by atoms with Crippen molar-refractivity contribution in [2.75, 3.05) is 26.2 Å². The molecule has 206 valence electrons. The number of aromatic nitrogens is 3. The van der Waals surface area contributed by atoms with Gasteiger partial charge in [0.2, 0.25) is 10.0 Å². The van der Waals surface area contributed by atoms with E-state index in [1.165, 1.54) is 41.0 Å². The fraction of sp³-hybridized carbons (Fsp3) is 0.333. The summed E-state index contributed by atoms with van der Waals surface area (Å²) < 4.78 is 83.7. The highest BCUT2D eigenvalue weighted by Gasteiger charge is 2.41. The van der Waals surface area contributed by atoms with Gasteiger partial charge in [-0.1, -0.05) is 6.92 Å². The van der Waals surface area contributed by atoms with Crippen molar-refractivity contribution in [1.82, 2.24) is 24.0 Å². The molecule has 4 aromatic rings. The van der Waals surface area contributed by atoms with Gasteiger partial charge in [-0.15, -0.1) is 0 Å². The summed E-state index contributed by atoms with van der Waals surface area (Å²) in [5.74, 6) is -1.96. The second-order valence-corrected chi connectivity index (χ2v) is 11.7. The van der Waals surface area contributed by atoms with Crippen LogP contribution in [-0.4, -0.2) is 64.7 Å². The lowest BCUT2D eigenvalue weighted by atomic mass is 9.95. The van der Waals surface area contributed by atoms with Crippen LogP contribution in [0.15, 0.2) is 72.0 Å². The van der Waals surface area contributed by atoms with Crippen molar-refractivity contribution in [3.63, 3.8) is 0 Å². The van der Waals surface area contributed by atoms with E-state index in [4.69, 9.17) is 0 Å². The number of nitrogens with zero attached hydrogens (tertiary/aromatic N) is 5. The molecule has 0 bridgehead atoms. The number of hydrogen-bond donors (Lipinski definition) is 0. The topological polar surface area (TPSA) is 71.3 Å². The SMILES string of the molecule is Cc1cc2c(cnn2-c2ccc(F)cc2)cc1[C@@H]1CN(S(=O)(=O)c2cccnc2)CCN1CC(C)C(F)(F)F. The van der Waals surface area contributed by atoms with Crippen LogP contribution in [0.3, 0.4) is 0 Å². The molecule has 7 nitrogen and oxygen atoms in total. The molecule has 12 heteroatoms. The van der Waals surface area contributed by atoms with Gasteiger partial charge in [-0.05, 0) is 66.6 Å². The van der Waals surface area contributed by atoms with E-state index < -0.39 is 28.2 Å². The number of sulfonamides is 1. The van der Waals surface area contributed by atoms with Crippen molar-refractivity contribution in [3.8, 4) is 5.69 Å². The maximum atomic E-state index is 13.5. The molecule has 1 unspecified atom stereocenters. The van der Waals surface area contributed by atoms with Crippen LogP contribution in [0.25, 0.3) is 16.6 Å². The maximum absolute atomic E-state index is 13.5. The zero-order valence-corrected chi connectivity index (χ0v) is 22.1. The molecule has 0 spiro atoms. The maximum Gasteiger partial charge on any atom is 0.392 e. The Balaban J connectivity index is 1.54. The summed E-state index contributed by atoms with van der Waals surface area (Å²) in [4.78, 5) is 5.66. The summed E-state index contributed by atoms with van der Waals surface area (Å²) in [7, 11) is -3.90. The molecule has 0 saturated carbocycles. The zero-order chi connectivity index (χ0) is 27.9. The van der Waals surface area contributed by atoms with Gasteiger partial charge in [-0.2, -0.15) is 22.6 Å². The smallest absolute Gasteiger partial charge is 0.293 e. The first kappa shape index (κ1) is 27.2. The lowest BCUT2D eigenvalue weighted by molar-refractivity contribution is -0.176. The minimum absolute atomic E-state index is 0.0136. The number of benzene rings is 2. The van der Waals surface area contributed by atoms with E-state index in [1.807, 2.05) is 19.1 Å². The highest BCUT2D eigenvalue weighted by atomic mass is 32.2. The summed E-state index contributed by atoms with van der Waals surface area (Å²) in [5, 5.41) is 5.17. The van der Waals surface area contributed by atoms with Gasteiger partial charge in [0, 0.05) is 50.0 Å². The molecule has 2 aromatic carbocycles. The summed E-state index contributed by atoms with van der Waals surface area (Å²) in [6, 6.07) is 12.0. The first-order valence-electron chi connectivity index (χ1n) is 12.4. The van der Waals surface area contributed by atoms with Crippen LogP contribution < -0.4 is 0 Å².